The number of H-pyrrole nitrogens is 1. The topological polar surface area (TPSA) is 129 Å². The predicted molar refractivity (Wildman–Crippen MR) is 124 cm³/mol. The van der Waals surface area contributed by atoms with Gasteiger partial charge in [-0.15, -0.1) is 0 Å². The van der Waals surface area contributed by atoms with Crippen LogP contribution in [0.2, 0.25) is 0 Å². The summed E-state index contributed by atoms with van der Waals surface area (Å²) in [5, 5.41) is 20.0. The van der Waals surface area contributed by atoms with E-state index in [-0.39, 0.29) is 30.0 Å². The summed E-state index contributed by atoms with van der Waals surface area (Å²) in [7, 11) is 0. The van der Waals surface area contributed by atoms with Crippen LogP contribution in [-0.2, 0) is 4.74 Å². The van der Waals surface area contributed by atoms with E-state index in [0.29, 0.717) is 36.7 Å². The molecule has 182 valence electrons. The Hall–Kier alpha value is -2.98. The summed E-state index contributed by atoms with van der Waals surface area (Å²) in [5.41, 5.74) is 1.93. The van der Waals surface area contributed by atoms with Crippen LogP contribution < -0.4 is 5.32 Å². The molecule has 3 aromatic rings. The number of morpholine rings is 1. The zero-order valence-corrected chi connectivity index (χ0v) is 19.3. The molecule has 2 aliphatic heterocycles. The summed E-state index contributed by atoms with van der Waals surface area (Å²) in [6.07, 6.45) is 9.60. The van der Waals surface area contributed by atoms with Crippen LogP contribution in [-0.4, -0.2) is 73.0 Å². The molecule has 3 N–H and O–H groups in total. The van der Waals surface area contributed by atoms with E-state index in [1.807, 2.05) is 12.3 Å². The maximum Gasteiger partial charge on any atom is 0.316 e. The molecule has 10 nitrogen and oxygen atoms in total. The van der Waals surface area contributed by atoms with Crippen LogP contribution >= 0.6 is 0 Å². The van der Waals surface area contributed by atoms with Crippen LogP contribution in [0.1, 0.15) is 49.2 Å². The van der Waals surface area contributed by atoms with Crippen molar-refractivity contribution < 1.29 is 19.2 Å². The highest BCUT2D eigenvalue weighted by Crippen LogP contribution is 2.56. The highest BCUT2D eigenvalue weighted by atomic mass is 16.5. The van der Waals surface area contributed by atoms with Gasteiger partial charge in [0.15, 0.2) is 0 Å². The van der Waals surface area contributed by atoms with Crippen LogP contribution in [0.4, 0.5) is 5.69 Å². The lowest BCUT2D eigenvalue weighted by Gasteiger charge is -2.58. The van der Waals surface area contributed by atoms with Crippen molar-refractivity contribution in [1.82, 2.24) is 25.0 Å². The minimum absolute atomic E-state index is 0.00418. The largest absolute Gasteiger partial charge is 0.390 e. The van der Waals surface area contributed by atoms with E-state index in [0.717, 1.165) is 60.8 Å². The van der Waals surface area contributed by atoms with E-state index in [1.54, 1.807) is 11.1 Å². The normalized spacial score (nSPS) is 37.0. The highest BCUT2D eigenvalue weighted by Gasteiger charge is 2.55. The summed E-state index contributed by atoms with van der Waals surface area (Å²) >= 11 is 0. The van der Waals surface area contributed by atoms with Crippen molar-refractivity contribution >= 4 is 22.6 Å². The van der Waals surface area contributed by atoms with Crippen molar-refractivity contribution in [2.24, 2.45) is 17.8 Å². The third-order valence-electron chi connectivity index (χ3n) is 9.15. The van der Waals surface area contributed by atoms with Crippen molar-refractivity contribution in [3.63, 3.8) is 0 Å². The zero-order valence-electron chi connectivity index (χ0n) is 19.3. The van der Waals surface area contributed by atoms with E-state index in [1.165, 1.54) is 0 Å². The molecule has 0 aromatic carbocycles. The second kappa shape index (κ2) is 7.04. The van der Waals surface area contributed by atoms with Gasteiger partial charge in [-0.2, -0.15) is 4.98 Å². The summed E-state index contributed by atoms with van der Waals surface area (Å²) in [5.74, 6) is 1.64. The molecule has 10 heteroatoms. The molecule has 1 amide bonds. The van der Waals surface area contributed by atoms with Crippen LogP contribution in [0.15, 0.2) is 23.0 Å². The lowest BCUT2D eigenvalue weighted by molar-refractivity contribution is -0.129. The van der Waals surface area contributed by atoms with Gasteiger partial charge in [-0.1, -0.05) is 5.16 Å². The summed E-state index contributed by atoms with van der Waals surface area (Å²) < 4.78 is 11.1. The van der Waals surface area contributed by atoms with Gasteiger partial charge in [-0.3, -0.25) is 4.79 Å². The molecule has 4 saturated carbocycles. The fourth-order valence-electron chi connectivity index (χ4n) is 7.91. The number of aromatic nitrogens is 4. The Morgan fingerprint density at radius 2 is 2.09 bits per heavy atom. The van der Waals surface area contributed by atoms with Crippen LogP contribution in [0.25, 0.3) is 22.4 Å². The number of ether oxygens (including phenoxy) is 1. The first-order chi connectivity index (χ1) is 17.0. The molecule has 9 rings (SSSR count). The second-order valence-corrected chi connectivity index (χ2v) is 11.4. The predicted octanol–water partition coefficient (Wildman–Crippen LogP) is 2.58. The third kappa shape index (κ3) is 3.02. The van der Waals surface area contributed by atoms with Gasteiger partial charge < -0.3 is 29.6 Å². The number of aliphatic hydroxyl groups is 1. The number of hydrogen-bond acceptors (Lipinski definition) is 8. The smallest absolute Gasteiger partial charge is 0.316 e. The molecule has 6 aliphatic rings. The van der Waals surface area contributed by atoms with Gasteiger partial charge >= 0.3 is 11.8 Å². The van der Waals surface area contributed by atoms with Gasteiger partial charge in [-0.25, -0.2) is 4.98 Å². The molecule has 7 atom stereocenters. The second-order valence-electron chi connectivity index (χ2n) is 11.4. The highest BCUT2D eigenvalue weighted by molar-refractivity contribution is 5.98. The van der Waals surface area contributed by atoms with E-state index >= 15 is 0 Å². The number of carbonyl (C=O) groups excluding carboxylic acids is 1. The minimum atomic E-state index is -0.484. The number of fused-ring (bicyclic) bond motifs is 3. The maximum atomic E-state index is 13.1. The van der Waals surface area contributed by atoms with Gasteiger partial charge in [0, 0.05) is 30.4 Å². The molecule has 35 heavy (non-hydrogen) atoms. The van der Waals surface area contributed by atoms with Crippen molar-refractivity contribution in [1.29, 1.82) is 0 Å². The van der Waals surface area contributed by atoms with E-state index in [4.69, 9.17) is 9.26 Å². The molecule has 4 aliphatic carbocycles. The number of aromatic amines is 1. The first kappa shape index (κ1) is 20.2. The Morgan fingerprint density at radius 1 is 1.23 bits per heavy atom. The molecule has 0 spiro atoms. The van der Waals surface area contributed by atoms with Gasteiger partial charge in [-0.05, 0) is 62.3 Å². The minimum Gasteiger partial charge on any atom is -0.390 e. The van der Waals surface area contributed by atoms with Gasteiger partial charge in [0.1, 0.15) is 5.65 Å². The summed E-state index contributed by atoms with van der Waals surface area (Å²) in [4.78, 5) is 27.1. The van der Waals surface area contributed by atoms with E-state index in [9.17, 15) is 9.90 Å². The fraction of sp³-hybridized carbons (Fsp3) is 0.600. The number of pyridine rings is 1. The van der Waals surface area contributed by atoms with Crippen molar-refractivity contribution in [3.8, 4) is 11.4 Å². The van der Waals surface area contributed by atoms with Crippen molar-refractivity contribution in [2.45, 2.75) is 62.3 Å². The van der Waals surface area contributed by atoms with E-state index in [2.05, 4.69) is 25.4 Å². The van der Waals surface area contributed by atoms with Gasteiger partial charge in [0.2, 0.25) is 5.82 Å². The number of carbonyl (C=O) groups is 1. The van der Waals surface area contributed by atoms with Crippen molar-refractivity contribution in [3.05, 3.63) is 24.4 Å². The molecular formula is C25H28N6O4. The first-order valence-electron chi connectivity index (χ1n) is 12.7. The number of nitrogens with zero attached hydrogens (tertiary/aromatic N) is 4. The molecule has 3 aromatic heterocycles. The average molecular weight is 477 g/mol. The quantitative estimate of drug-likeness (QED) is 0.524. The maximum absolute atomic E-state index is 13.1. The molecule has 1 unspecified atom stereocenters. The average Bonchev–Trinajstić information content (AvgIpc) is 3.63. The van der Waals surface area contributed by atoms with Crippen LogP contribution in [0.5, 0.6) is 0 Å². The number of likely N-dealkylation sites (tertiary alicyclic amines) is 1. The van der Waals surface area contributed by atoms with E-state index < -0.39 is 5.60 Å². The lowest BCUT2D eigenvalue weighted by Crippen LogP contribution is -2.59. The summed E-state index contributed by atoms with van der Waals surface area (Å²) in [6, 6.07) is 2.37. The number of anilines is 1. The number of nitrogens with one attached hydrogen (secondary N) is 2. The number of hydrogen-bond donors (Lipinski definition) is 3. The molecule has 0 radical (unpaired) electrons. The number of rotatable bonds is 4. The van der Waals surface area contributed by atoms with Gasteiger partial charge in [0.05, 0.1) is 35.6 Å². The first-order valence-corrected chi connectivity index (χ1v) is 12.7. The molecule has 6 fully saturated rings. The Balaban J connectivity index is 1.14. The van der Waals surface area contributed by atoms with Crippen LogP contribution in [0, 0.1) is 17.8 Å². The Bertz CT molecular complexity index is 1320. The standard InChI is InChI=1S/C25H28N6O4/c32-24(31-10-16-5-15(31)11-34-16)23-29-22(30-35-23)18-9-27-21-17(1-2-26-21)20(18)28-19-13-3-12-4-14(19)8-25(33,6-12)7-13/h1-2,9,12-16,19,33H,3-8,10-11H2,(H2,26,27,28)/t12?,13-,14+,15-,16-,19+,25-/m0/s1. The summed E-state index contributed by atoms with van der Waals surface area (Å²) in [6.45, 7) is 1.14. The number of amides is 1. The Morgan fingerprint density at radius 3 is 2.83 bits per heavy atom. The fourth-order valence-corrected chi connectivity index (χ4v) is 7.91. The Kier molecular flexibility index (Phi) is 4.07. The third-order valence-corrected chi connectivity index (χ3v) is 9.15. The monoisotopic (exact) mass is 476 g/mol. The molecule has 6 bridgehead atoms. The van der Waals surface area contributed by atoms with Crippen LogP contribution in [0.3, 0.4) is 0 Å². The Labute approximate surface area is 201 Å². The van der Waals surface area contributed by atoms with Crippen molar-refractivity contribution in [2.75, 3.05) is 18.5 Å². The molecule has 2 saturated heterocycles. The molecule has 5 heterocycles. The lowest BCUT2D eigenvalue weighted by atomic mass is 9.52. The SMILES string of the molecule is O=C(c1nc(-c2cnc3[nH]ccc3c2N[C@H]2[C@@H]3CC4C[C@H]2C[C@@](O)(C4)C3)no1)N1C[C@@H]2C[C@H]1CO2. The molecular weight excluding hydrogens is 448 g/mol. The van der Waals surface area contributed by atoms with Gasteiger partial charge in [0.25, 0.3) is 0 Å². The zero-order chi connectivity index (χ0) is 23.3.